The van der Waals surface area contributed by atoms with Crippen molar-refractivity contribution in [1.29, 1.82) is 0 Å². The van der Waals surface area contributed by atoms with E-state index in [4.69, 9.17) is 0 Å². The predicted octanol–water partition coefficient (Wildman–Crippen LogP) is 4.93. The van der Waals surface area contributed by atoms with E-state index in [9.17, 15) is 0 Å². The molecule has 0 nitrogen and oxygen atoms in total. The van der Waals surface area contributed by atoms with Gasteiger partial charge < -0.3 is 0 Å². The van der Waals surface area contributed by atoms with Crippen molar-refractivity contribution in [3.63, 3.8) is 0 Å². The van der Waals surface area contributed by atoms with E-state index in [1.165, 1.54) is 22.4 Å². The molecule has 0 N–H and O–H groups in total. The zero-order valence-electron chi connectivity index (χ0n) is 13.2. The fraction of sp³-hybridized carbons (Fsp3) is 0.300. The van der Waals surface area contributed by atoms with Crippen molar-refractivity contribution >= 4 is 15.6 Å². The van der Waals surface area contributed by atoms with Gasteiger partial charge in [0, 0.05) is 5.75 Å². The van der Waals surface area contributed by atoms with E-state index in [2.05, 4.69) is 73.4 Å². The zero-order chi connectivity index (χ0) is 14.9. The van der Waals surface area contributed by atoms with Gasteiger partial charge in [0.15, 0.2) is 0 Å². The zero-order valence-corrected chi connectivity index (χ0v) is 14.0. The summed E-state index contributed by atoms with van der Waals surface area (Å²) in [5.41, 5.74) is 7.71. The molecule has 0 heterocycles. The number of fused-ring (bicyclic) bond motifs is 1. The fourth-order valence-electron chi connectivity index (χ4n) is 3.12. The largest absolute Gasteiger partial charge is 0.246 e. The molecule has 1 aliphatic carbocycles. The molecule has 3 rings (SSSR count). The van der Waals surface area contributed by atoms with E-state index in [-0.39, 0.29) is 0 Å². The minimum absolute atomic E-state index is 0.533. The highest BCUT2D eigenvalue weighted by atomic mass is 32.3. The number of allylic oxidation sites excluding steroid dienone is 1. The van der Waals surface area contributed by atoms with Crippen LogP contribution in [0.25, 0.3) is 5.57 Å². The predicted molar refractivity (Wildman–Crippen MR) is 97.4 cm³/mol. The Hall–Kier alpha value is -1.47. The van der Waals surface area contributed by atoms with Crippen LogP contribution >= 0.6 is 10.0 Å². The lowest BCUT2D eigenvalue weighted by atomic mass is 10.0. The van der Waals surface area contributed by atoms with Gasteiger partial charge in [-0.1, -0.05) is 60.2 Å². The third kappa shape index (κ3) is 3.41. The van der Waals surface area contributed by atoms with Gasteiger partial charge in [-0.05, 0) is 53.9 Å². The normalized spacial score (nSPS) is 15.2. The molecule has 21 heavy (non-hydrogen) atoms. The van der Waals surface area contributed by atoms with Gasteiger partial charge in [0.25, 0.3) is 0 Å². The number of rotatable bonds is 4. The lowest BCUT2D eigenvalue weighted by Gasteiger charge is -2.27. The molecule has 2 aromatic carbocycles. The third-order valence-corrected chi connectivity index (χ3v) is 5.17. The SMILES string of the molecule is CS(C)(C)CC1=C(Cc2ccccc2)Cc2ccccc21. The first-order valence-electron chi connectivity index (χ1n) is 7.52. The Kier molecular flexibility index (Phi) is 3.95. The Labute approximate surface area is 130 Å². The summed E-state index contributed by atoms with van der Waals surface area (Å²) in [6.07, 6.45) is 9.49. The Balaban J connectivity index is 1.97. The average molecular weight is 296 g/mol. The van der Waals surface area contributed by atoms with Crippen molar-refractivity contribution < 1.29 is 0 Å². The molecular weight excluding hydrogens is 272 g/mol. The van der Waals surface area contributed by atoms with Gasteiger partial charge in [-0.2, -0.15) is 0 Å². The molecule has 0 saturated carbocycles. The second-order valence-corrected chi connectivity index (χ2v) is 11.3. The average Bonchev–Trinajstić information content (AvgIpc) is 2.76. The summed E-state index contributed by atoms with van der Waals surface area (Å²) in [6, 6.07) is 19.9. The molecule has 0 fully saturated rings. The molecule has 0 radical (unpaired) electrons. The minimum atomic E-state index is -0.533. The summed E-state index contributed by atoms with van der Waals surface area (Å²) in [5.74, 6) is 1.24. The van der Waals surface area contributed by atoms with E-state index in [1.807, 2.05) is 0 Å². The number of hydrogen-bond acceptors (Lipinski definition) is 0. The first-order chi connectivity index (χ1) is 10.0. The molecule has 0 spiro atoms. The third-order valence-electron chi connectivity index (χ3n) is 4.01. The Morgan fingerprint density at radius 2 is 1.52 bits per heavy atom. The van der Waals surface area contributed by atoms with Gasteiger partial charge in [0.2, 0.25) is 0 Å². The summed E-state index contributed by atoms with van der Waals surface area (Å²) in [6.45, 7) is 0. The molecule has 0 amide bonds. The first kappa shape index (κ1) is 14.5. The van der Waals surface area contributed by atoms with Crippen LogP contribution in [-0.4, -0.2) is 24.5 Å². The van der Waals surface area contributed by atoms with Crippen LogP contribution in [0.5, 0.6) is 0 Å². The van der Waals surface area contributed by atoms with E-state index < -0.39 is 10.0 Å². The highest BCUT2D eigenvalue weighted by Gasteiger charge is 2.23. The van der Waals surface area contributed by atoms with Crippen molar-refractivity contribution in [2.75, 3.05) is 24.5 Å². The first-order valence-corrected chi connectivity index (χ1v) is 10.5. The van der Waals surface area contributed by atoms with Crippen molar-refractivity contribution in [2.45, 2.75) is 12.8 Å². The van der Waals surface area contributed by atoms with E-state index >= 15 is 0 Å². The molecule has 0 bridgehead atoms. The molecule has 0 atom stereocenters. The van der Waals surface area contributed by atoms with Crippen LogP contribution in [-0.2, 0) is 12.8 Å². The highest BCUT2D eigenvalue weighted by molar-refractivity contribution is 8.32. The Morgan fingerprint density at radius 3 is 2.24 bits per heavy atom. The van der Waals surface area contributed by atoms with E-state index in [1.54, 1.807) is 11.1 Å². The second kappa shape index (κ2) is 5.73. The van der Waals surface area contributed by atoms with Gasteiger partial charge in [-0.25, -0.2) is 10.0 Å². The monoisotopic (exact) mass is 296 g/mol. The highest BCUT2D eigenvalue weighted by Crippen LogP contribution is 2.45. The van der Waals surface area contributed by atoms with Gasteiger partial charge in [0.05, 0.1) is 0 Å². The van der Waals surface area contributed by atoms with Crippen LogP contribution in [0.2, 0.25) is 0 Å². The smallest absolute Gasteiger partial charge is 0.00236 e. The summed E-state index contributed by atoms with van der Waals surface area (Å²) < 4.78 is 0. The molecular formula is C20H24S. The maximum absolute atomic E-state index is 2.42. The van der Waals surface area contributed by atoms with Gasteiger partial charge in [0.1, 0.15) is 0 Å². The van der Waals surface area contributed by atoms with Crippen LogP contribution in [0.1, 0.15) is 16.7 Å². The molecule has 0 aliphatic heterocycles. The maximum atomic E-state index is 2.42. The fourth-order valence-corrected chi connectivity index (χ4v) is 4.35. The van der Waals surface area contributed by atoms with Gasteiger partial charge in [-0.15, -0.1) is 0 Å². The number of hydrogen-bond donors (Lipinski definition) is 0. The standard InChI is InChI=1S/C20H24S/c1-21(2,3)15-20-18(13-16-9-5-4-6-10-16)14-17-11-7-8-12-19(17)20/h4-12H,13-15H2,1-3H3. The summed E-state index contributed by atoms with van der Waals surface area (Å²) >= 11 is 0. The molecule has 1 heteroatoms. The number of benzene rings is 2. The summed E-state index contributed by atoms with van der Waals surface area (Å²) in [7, 11) is -0.533. The van der Waals surface area contributed by atoms with E-state index in [0.29, 0.717) is 0 Å². The maximum Gasteiger partial charge on any atom is 0.00236 e. The van der Waals surface area contributed by atoms with Gasteiger partial charge >= 0.3 is 0 Å². The lowest BCUT2D eigenvalue weighted by molar-refractivity contribution is 1.07. The summed E-state index contributed by atoms with van der Waals surface area (Å²) in [4.78, 5) is 0. The molecule has 0 aromatic heterocycles. The lowest BCUT2D eigenvalue weighted by Crippen LogP contribution is -2.03. The van der Waals surface area contributed by atoms with Crippen molar-refractivity contribution in [2.24, 2.45) is 0 Å². The van der Waals surface area contributed by atoms with Crippen LogP contribution in [0.3, 0.4) is 0 Å². The van der Waals surface area contributed by atoms with Crippen LogP contribution < -0.4 is 0 Å². The molecule has 0 unspecified atom stereocenters. The van der Waals surface area contributed by atoms with E-state index in [0.717, 1.165) is 12.8 Å². The molecule has 0 saturated heterocycles. The second-order valence-electron chi connectivity index (χ2n) is 6.81. The van der Waals surface area contributed by atoms with Crippen LogP contribution in [0, 0.1) is 0 Å². The van der Waals surface area contributed by atoms with Crippen molar-refractivity contribution in [3.05, 3.63) is 76.9 Å². The topological polar surface area (TPSA) is 0 Å². The Morgan fingerprint density at radius 1 is 0.857 bits per heavy atom. The van der Waals surface area contributed by atoms with Crippen molar-refractivity contribution in [1.82, 2.24) is 0 Å². The summed E-state index contributed by atoms with van der Waals surface area (Å²) in [5, 5.41) is 0. The van der Waals surface area contributed by atoms with Crippen LogP contribution in [0.15, 0.2) is 60.2 Å². The quantitative estimate of drug-likeness (QED) is 0.750. The minimum Gasteiger partial charge on any atom is -0.246 e. The molecule has 2 aromatic rings. The van der Waals surface area contributed by atoms with Crippen LogP contribution in [0.4, 0.5) is 0 Å². The van der Waals surface area contributed by atoms with Crippen molar-refractivity contribution in [3.8, 4) is 0 Å². The molecule has 110 valence electrons. The van der Waals surface area contributed by atoms with Gasteiger partial charge in [-0.3, -0.25) is 0 Å². The Bertz CT molecular complexity index is 660. The molecule has 1 aliphatic rings.